The van der Waals surface area contributed by atoms with Crippen molar-refractivity contribution in [3.8, 4) is 0 Å². The number of piperazine rings is 1. The van der Waals surface area contributed by atoms with E-state index in [1.165, 1.54) is 4.90 Å². The first-order valence-electron chi connectivity index (χ1n) is 6.87. The van der Waals surface area contributed by atoms with Crippen molar-refractivity contribution in [3.63, 3.8) is 0 Å². The van der Waals surface area contributed by atoms with E-state index in [0.29, 0.717) is 6.04 Å². The monoisotopic (exact) mass is 278 g/mol. The van der Waals surface area contributed by atoms with Gasteiger partial charge in [-0.2, -0.15) is 0 Å². The van der Waals surface area contributed by atoms with Gasteiger partial charge in [-0.25, -0.2) is 0 Å². The Hall–Kier alpha value is -1.00. The van der Waals surface area contributed by atoms with Crippen LogP contribution in [-0.2, 0) is 4.79 Å². The quantitative estimate of drug-likeness (QED) is 0.857. The van der Waals surface area contributed by atoms with E-state index in [0.717, 1.165) is 25.4 Å². The van der Waals surface area contributed by atoms with Crippen molar-refractivity contribution >= 4 is 17.7 Å². The summed E-state index contributed by atoms with van der Waals surface area (Å²) in [4.78, 5) is 15.7. The molecule has 1 aromatic rings. The highest BCUT2D eigenvalue weighted by molar-refractivity contribution is 7.99. The lowest BCUT2D eigenvalue weighted by Crippen LogP contribution is -2.53. The average molecular weight is 278 g/mol. The number of hydrogen-bond donors (Lipinski definition) is 1. The molecule has 19 heavy (non-hydrogen) atoms. The van der Waals surface area contributed by atoms with Crippen LogP contribution in [0.2, 0.25) is 0 Å². The van der Waals surface area contributed by atoms with Crippen LogP contribution in [0.4, 0.5) is 0 Å². The molecule has 0 spiro atoms. The first-order valence-corrected chi connectivity index (χ1v) is 7.86. The Balaban J connectivity index is 1.85. The van der Waals surface area contributed by atoms with Gasteiger partial charge in [-0.05, 0) is 19.1 Å². The Morgan fingerprint density at radius 2 is 2.21 bits per heavy atom. The number of carbonyl (C=O) groups excluding carboxylic acids is 1. The molecule has 104 valence electrons. The van der Waals surface area contributed by atoms with Gasteiger partial charge < -0.3 is 10.2 Å². The molecule has 1 heterocycles. The number of benzene rings is 1. The molecule has 0 saturated carbocycles. The van der Waals surface area contributed by atoms with Gasteiger partial charge in [0.25, 0.3) is 0 Å². The first kappa shape index (κ1) is 14.4. The first-order chi connectivity index (χ1) is 9.18. The lowest BCUT2D eigenvalue weighted by Gasteiger charge is -2.35. The second kappa shape index (κ2) is 6.96. The summed E-state index contributed by atoms with van der Waals surface area (Å²) in [5, 5.41) is 3.32. The summed E-state index contributed by atoms with van der Waals surface area (Å²) in [5.41, 5.74) is 0. The third-order valence-electron chi connectivity index (χ3n) is 3.45. The molecule has 1 N–H and O–H groups in total. The fourth-order valence-electron chi connectivity index (χ4n) is 2.26. The topological polar surface area (TPSA) is 32.3 Å². The van der Waals surface area contributed by atoms with Crippen LogP contribution in [0, 0.1) is 5.92 Å². The zero-order valence-corrected chi connectivity index (χ0v) is 12.5. The van der Waals surface area contributed by atoms with Crippen molar-refractivity contribution in [1.29, 1.82) is 0 Å². The summed E-state index contributed by atoms with van der Waals surface area (Å²) in [6.45, 7) is 6.80. The third kappa shape index (κ3) is 3.98. The van der Waals surface area contributed by atoms with Crippen LogP contribution in [-0.4, -0.2) is 42.2 Å². The number of nitrogens with one attached hydrogen (secondary N) is 1. The van der Waals surface area contributed by atoms with E-state index in [1.54, 1.807) is 11.8 Å². The Morgan fingerprint density at radius 1 is 1.47 bits per heavy atom. The maximum absolute atomic E-state index is 12.4. The van der Waals surface area contributed by atoms with E-state index in [4.69, 9.17) is 0 Å². The molecule has 1 saturated heterocycles. The minimum atomic E-state index is 0.0748. The smallest absolute Gasteiger partial charge is 0.226 e. The average Bonchev–Trinajstić information content (AvgIpc) is 2.45. The highest BCUT2D eigenvalue weighted by atomic mass is 32.2. The fourth-order valence-corrected chi connectivity index (χ4v) is 3.20. The molecule has 4 heteroatoms. The van der Waals surface area contributed by atoms with Crippen molar-refractivity contribution in [2.45, 2.75) is 24.8 Å². The number of nitrogens with zero attached hydrogens (tertiary/aromatic N) is 1. The van der Waals surface area contributed by atoms with Gasteiger partial charge in [0.05, 0.1) is 0 Å². The van der Waals surface area contributed by atoms with Gasteiger partial charge in [-0.15, -0.1) is 11.8 Å². The molecule has 3 nitrogen and oxygen atoms in total. The zero-order chi connectivity index (χ0) is 13.7. The Labute approximate surface area is 119 Å². The van der Waals surface area contributed by atoms with Crippen LogP contribution < -0.4 is 5.32 Å². The van der Waals surface area contributed by atoms with Crippen LogP contribution >= 0.6 is 11.8 Å². The van der Waals surface area contributed by atoms with Gasteiger partial charge in [-0.1, -0.05) is 25.1 Å². The summed E-state index contributed by atoms with van der Waals surface area (Å²) in [7, 11) is 0. The maximum atomic E-state index is 12.4. The van der Waals surface area contributed by atoms with Crippen LogP contribution in [0.1, 0.15) is 13.8 Å². The molecule has 1 aliphatic heterocycles. The minimum Gasteiger partial charge on any atom is -0.337 e. The minimum absolute atomic E-state index is 0.0748. The Morgan fingerprint density at radius 3 is 2.89 bits per heavy atom. The third-order valence-corrected chi connectivity index (χ3v) is 4.72. The molecule has 2 rings (SSSR count). The molecule has 1 aliphatic rings. The van der Waals surface area contributed by atoms with E-state index in [1.807, 2.05) is 30.0 Å². The van der Waals surface area contributed by atoms with Gasteiger partial charge >= 0.3 is 0 Å². The molecule has 1 aromatic carbocycles. The van der Waals surface area contributed by atoms with E-state index in [9.17, 15) is 4.79 Å². The molecule has 0 aliphatic carbocycles. The van der Waals surface area contributed by atoms with Crippen molar-refractivity contribution in [2.75, 3.05) is 25.4 Å². The summed E-state index contributed by atoms with van der Waals surface area (Å²) in [6.07, 6.45) is 0. The second-order valence-electron chi connectivity index (χ2n) is 5.11. The van der Waals surface area contributed by atoms with Crippen LogP contribution in [0.15, 0.2) is 35.2 Å². The van der Waals surface area contributed by atoms with Gasteiger partial charge in [0.2, 0.25) is 5.91 Å². The van der Waals surface area contributed by atoms with Gasteiger partial charge in [0.1, 0.15) is 0 Å². The van der Waals surface area contributed by atoms with E-state index in [-0.39, 0.29) is 11.8 Å². The molecule has 2 atom stereocenters. The summed E-state index contributed by atoms with van der Waals surface area (Å²) >= 11 is 1.76. The van der Waals surface area contributed by atoms with Crippen LogP contribution in [0.25, 0.3) is 0 Å². The lowest BCUT2D eigenvalue weighted by molar-refractivity contribution is -0.137. The molecule has 1 fully saturated rings. The van der Waals surface area contributed by atoms with Gasteiger partial charge in [0.15, 0.2) is 0 Å². The van der Waals surface area contributed by atoms with Crippen molar-refractivity contribution < 1.29 is 4.79 Å². The van der Waals surface area contributed by atoms with Crippen molar-refractivity contribution in [3.05, 3.63) is 30.3 Å². The van der Waals surface area contributed by atoms with Crippen molar-refractivity contribution in [2.24, 2.45) is 5.92 Å². The molecular weight excluding hydrogens is 256 g/mol. The summed E-state index contributed by atoms with van der Waals surface area (Å²) < 4.78 is 0. The molecule has 0 radical (unpaired) electrons. The van der Waals surface area contributed by atoms with Gasteiger partial charge in [0, 0.05) is 42.2 Å². The van der Waals surface area contributed by atoms with E-state index >= 15 is 0 Å². The largest absolute Gasteiger partial charge is 0.337 e. The Kier molecular flexibility index (Phi) is 5.28. The number of rotatable bonds is 4. The zero-order valence-electron chi connectivity index (χ0n) is 11.6. The highest BCUT2D eigenvalue weighted by Gasteiger charge is 2.26. The molecular formula is C15H22N2OS. The number of thioether (sulfide) groups is 1. The number of amides is 1. The number of hydrogen-bond acceptors (Lipinski definition) is 3. The fraction of sp³-hybridized carbons (Fsp3) is 0.533. The molecule has 1 amide bonds. The van der Waals surface area contributed by atoms with Crippen LogP contribution in [0.3, 0.4) is 0 Å². The second-order valence-corrected chi connectivity index (χ2v) is 6.20. The highest BCUT2D eigenvalue weighted by Crippen LogP contribution is 2.21. The lowest BCUT2D eigenvalue weighted by atomic mass is 10.1. The van der Waals surface area contributed by atoms with Crippen LogP contribution in [0.5, 0.6) is 0 Å². The number of carbonyl (C=O) groups is 1. The normalized spacial score (nSPS) is 21.2. The standard InChI is InChI=1S/C15H22N2OS/c1-12(11-19-14-6-4-3-5-7-14)15(18)17-9-8-16-10-13(17)2/h3-7,12-13,16H,8-11H2,1-2H3/t12?,13-/m0/s1. The van der Waals surface area contributed by atoms with Crippen molar-refractivity contribution in [1.82, 2.24) is 10.2 Å². The summed E-state index contributed by atoms with van der Waals surface area (Å²) in [5.74, 6) is 1.21. The molecule has 0 aromatic heterocycles. The predicted octanol–water partition coefficient (Wildman–Crippen LogP) is 2.24. The SMILES string of the molecule is CC(CSc1ccccc1)C(=O)N1CCNC[C@@H]1C. The predicted molar refractivity (Wildman–Crippen MR) is 80.4 cm³/mol. The Bertz CT molecular complexity index is 410. The summed E-state index contributed by atoms with van der Waals surface area (Å²) in [6, 6.07) is 10.6. The molecule has 0 bridgehead atoms. The molecule has 1 unspecified atom stereocenters. The van der Waals surface area contributed by atoms with E-state index < -0.39 is 0 Å². The van der Waals surface area contributed by atoms with Gasteiger partial charge in [-0.3, -0.25) is 4.79 Å². The van der Waals surface area contributed by atoms with E-state index in [2.05, 4.69) is 24.4 Å². The maximum Gasteiger partial charge on any atom is 0.226 e.